The van der Waals surface area contributed by atoms with Crippen LogP contribution in [-0.4, -0.2) is 48.7 Å². The minimum Gasteiger partial charge on any atom is -0.507 e. The predicted octanol–water partition coefficient (Wildman–Crippen LogP) is 3.32. The molecule has 0 unspecified atom stereocenters. The number of sulfonamides is 1. The van der Waals surface area contributed by atoms with Crippen molar-refractivity contribution in [3.8, 4) is 11.5 Å². The van der Waals surface area contributed by atoms with E-state index in [9.17, 15) is 23.6 Å². The van der Waals surface area contributed by atoms with Crippen molar-refractivity contribution in [1.82, 2.24) is 4.31 Å². The van der Waals surface area contributed by atoms with Gasteiger partial charge in [-0.2, -0.15) is 9.41 Å². The molecule has 2 aromatic carbocycles. The third-order valence-electron chi connectivity index (χ3n) is 4.73. The maximum Gasteiger partial charge on any atom is 0.295 e. The summed E-state index contributed by atoms with van der Waals surface area (Å²) in [4.78, 5) is 10.7. The van der Waals surface area contributed by atoms with Crippen molar-refractivity contribution in [3.63, 3.8) is 0 Å². The molecule has 0 radical (unpaired) electrons. The summed E-state index contributed by atoms with van der Waals surface area (Å²) in [6.45, 7) is 3.32. The zero-order chi connectivity index (χ0) is 22.4. The number of hydrogen-bond acceptors (Lipinski definition) is 8. The van der Waals surface area contributed by atoms with Crippen molar-refractivity contribution >= 4 is 27.6 Å². The highest BCUT2D eigenvalue weighted by Crippen LogP contribution is 2.30. The van der Waals surface area contributed by atoms with E-state index in [0.717, 1.165) is 25.3 Å². The average molecular weight is 449 g/mol. The van der Waals surface area contributed by atoms with E-state index in [-0.39, 0.29) is 16.3 Å². The van der Waals surface area contributed by atoms with Crippen molar-refractivity contribution in [3.05, 3.63) is 52.1 Å². The Kier molecular flexibility index (Phi) is 7.08. The topological polar surface area (TPSA) is 134 Å². The number of nitrogens with zero attached hydrogens (tertiary/aromatic N) is 3. The monoisotopic (exact) mass is 448 g/mol. The van der Waals surface area contributed by atoms with Crippen LogP contribution in [0.15, 0.2) is 46.4 Å². The summed E-state index contributed by atoms with van der Waals surface area (Å²) in [5.74, 6) is 0.468. The number of phenolic OH excluding ortho intramolecular Hbond substituents is 1. The molecule has 0 aromatic heterocycles. The first-order chi connectivity index (χ1) is 14.8. The van der Waals surface area contributed by atoms with Gasteiger partial charge in [0.2, 0.25) is 10.0 Å². The lowest BCUT2D eigenvalue weighted by Crippen LogP contribution is -2.27. The average Bonchev–Trinajstić information content (AvgIpc) is 3.29. The highest BCUT2D eigenvalue weighted by molar-refractivity contribution is 7.89. The number of ether oxygens (including phenoxy) is 1. The van der Waals surface area contributed by atoms with Crippen LogP contribution in [0.4, 0.5) is 11.4 Å². The molecule has 1 saturated heterocycles. The first-order valence-corrected chi connectivity index (χ1v) is 11.3. The van der Waals surface area contributed by atoms with Gasteiger partial charge in [0.1, 0.15) is 17.2 Å². The second-order valence-corrected chi connectivity index (χ2v) is 8.92. The summed E-state index contributed by atoms with van der Waals surface area (Å²) in [6, 6.07) is 8.39. The first-order valence-electron chi connectivity index (χ1n) is 9.86. The third kappa shape index (κ3) is 5.30. The van der Waals surface area contributed by atoms with Crippen LogP contribution in [0.2, 0.25) is 0 Å². The zero-order valence-electron chi connectivity index (χ0n) is 17.0. The fourth-order valence-electron chi connectivity index (χ4n) is 3.11. The van der Waals surface area contributed by atoms with Gasteiger partial charge in [-0.25, -0.2) is 8.42 Å². The van der Waals surface area contributed by atoms with Crippen molar-refractivity contribution in [2.45, 2.75) is 31.1 Å². The van der Waals surface area contributed by atoms with E-state index in [1.54, 1.807) is 12.1 Å². The summed E-state index contributed by atoms with van der Waals surface area (Å²) >= 11 is 0. The highest BCUT2D eigenvalue weighted by atomic mass is 32.2. The van der Waals surface area contributed by atoms with Gasteiger partial charge in [-0.1, -0.05) is 6.92 Å². The van der Waals surface area contributed by atoms with E-state index in [1.165, 1.54) is 28.7 Å². The lowest BCUT2D eigenvalue weighted by atomic mass is 10.2. The van der Waals surface area contributed by atoms with E-state index in [0.29, 0.717) is 31.0 Å². The van der Waals surface area contributed by atoms with Gasteiger partial charge in [-0.05, 0) is 43.5 Å². The number of anilines is 1. The Morgan fingerprint density at radius 3 is 2.65 bits per heavy atom. The van der Waals surface area contributed by atoms with Crippen LogP contribution in [0.3, 0.4) is 0 Å². The quantitative estimate of drug-likeness (QED) is 0.341. The summed E-state index contributed by atoms with van der Waals surface area (Å²) in [6.07, 6.45) is 3.69. The van der Waals surface area contributed by atoms with Crippen LogP contribution in [-0.2, 0) is 10.0 Å². The van der Waals surface area contributed by atoms with Crippen molar-refractivity contribution in [1.29, 1.82) is 0 Å². The number of rotatable bonds is 9. The molecule has 0 bridgehead atoms. The first kappa shape index (κ1) is 22.5. The Bertz CT molecular complexity index is 1080. The fraction of sp³-hybridized carbons (Fsp3) is 0.350. The molecule has 0 saturated carbocycles. The maximum atomic E-state index is 12.7. The van der Waals surface area contributed by atoms with Crippen LogP contribution in [0, 0.1) is 10.1 Å². The van der Waals surface area contributed by atoms with Crippen molar-refractivity contribution in [2.24, 2.45) is 5.10 Å². The van der Waals surface area contributed by atoms with E-state index in [1.807, 2.05) is 6.92 Å². The molecule has 2 N–H and O–H groups in total. The normalized spacial score (nSPS) is 14.7. The molecule has 166 valence electrons. The number of aromatic hydroxyl groups is 1. The molecule has 10 nitrogen and oxygen atoms in total. The minimum absolute atomic E-state index is 0.0315. The molecular formula is C20H24N4O6S. The molecule has 1 aliphatic heterocycles. The predicted molar refractivity (Wildman–Crippen MR) is 116 cm³/mol. The molecule has 3 rings (SSSR count). The van der Waals surface area contributed by atoms with E-state index >= 15 is 0 Å². The molecule has 1 heterocycles. The fourth-order valence-corrected chi connectivity index (χ4v) is 4.65. The number of nitrogens with one attached hydrogen (secondary N) is 1. The molecular weight excluding hydrogens is 424 g/mol. The van der Waals surface area contributed by atoms with Crippen LogP contribution < -0.4 is 10.2 Å². The second-order valence-electron chi connectivity index (χ2n) is 6.99. The Hall–Kier alpha value is -3.18. The Morgan fingerprint density at radius 1 is 1.26 bits per heavy atom. The SMILES string of the molecule is CCCOc1ccc(/C=N/Nc2ccc(S(=O)(=O)N3CCCC3)cc2[N+](=O)[O-])c(O)c1. The largest absolute Gasteiger partial charge is 0.507 e. The number of nitro benzene ring substituents is 1. The molecule has 2 aromatic rings. The third-order valence-corrected chi connectivity index (χ3v) is 6.63. The Labute approximate surface area is 180 Å². The van der Waals surface area contributed by atoms with Gasteiger partial charge in [0.25, 0.3) is 5.69 Å². The number of benzene rings is 2. The lowest BCUT2D eigenvalue weighted by molar-refractivity contribution is -0.384. The van der Waals surface area contributed by atoms with Crippen LogP contribution in [0.5, 0.6) is 11.5 Å². The molecule has 1 aliphatic rings. The van der Waals surface area contributed by atoms with Gasteiger partial charge in [-0.15, -0.1) is 0 Å². The Morgan fingerprint density at radius 2 is 2.00 bits per heavy atom. The molecule has 0 amide bonds. The van der Waals surface area contributed by atoms with Gasteiger partial charge >= 0.3 is 0 Å². The van der Waals surface area contributed by atoms with Gasteiger partial charge in [-0.3, -0.25) is 15.5 Å². The Balaban J connectivity index is 1.78. The number of hydrogen-bond donors (Lipinski definition) is 2. The summed E-state index contributed by atoms with van der Waals surface area (Å²) in [5, 5.41) is 25.5. The second kappa shape index (κ2) is 9.75. The zero-order valence-corrected chi connectivity index (χ0v) is 17.8. The van der Waals surface area contributed by atoms with Gasteiger partial charge in [0, 0.05) is 30.8 Å². The summed E-state index contributed by atoms with van der Waals surface area (Å²) in [7, 11) is -3.77. The summed E-state index contributed by atoms with van der Waals surface area (Å²) in [5.41, 5.74) is 2.55. The van der Waals surface area contributed by atoms with Crippen molar-refractivity contribution in [2.75, 3.05) is 25.1 Å². The molecule has 0 spiro atoms. The van der Waals surface area contributed by atoms with E-state index < -0.39 is 20.6 Å². The molecule has 0 aliphatic carbocycles. The smallest absolute Gasteiger partial charge is 0.295 e. The van der Waals surface area contributed by atoms with Gasteiger partial charge in [0.15, 0.2) is 0 Å². The highest BCUT2D eigenvalue weighted by Gasteiger charge is 2.29. The molecule has 31 heavy (non-hydrogen) atoms. The molecule has 11 heteroatoms. The van der Waals surface area contributed by atoms with Crippen LogP contribution in [0.25, 0.3) is 0 Å². The summed E-state index contributed by atoms with van der Waals surface area (Å²) < 4.78 is 32.1. The number of hydrazone groups is 1. The maximum absolute atomic E-state index is 12.7. The lowest BCUT2D eigenvalue weighted by Gasteiger charge is -2.15. The van der Waals surface area contributed by atoms with E-state index in [4.69, 9.17) is 4.74 Å². The molecule has 1 fully saturated rings. The number of nitro groups is 1. The standard InChI is InChI=1S/C20H24N4O6S/c1-2-11-30-16-6-5-15(20(25)12-16)14-21-22-18-8-7-17(13-19(18)24(26)27)31(28,29)23-9-3-4-10-23/h5-8,12-14,22,25H,2-4,9-11H2,1H3/b21-14+. The number of phenols is 1. The molecule has 0 atom stereocenters. The minimum atomic E-state index is -3.77. The van der Waals surface area contributed by atoms with Gasteiger partial charge in [0.05, 0.1) is 22.6 Å². The van der Waals surface area contributed by atoms with E-state index in [2.05, 4.69) is 10.5 Å². The van der Waals surface area contributed by atoms with Crippen molar-refractivity contribution < 1.29 is 23.2 Å². The van der Waals surface area contributed by atoms with Gasteiger partial charge < -0.3 is 9.84 Å². The van der Waals surface area contributed by atoms with Crippen LogP contribution >= 0.6 is 0 Å². The van der Waals surface area contributed by atoms with Crippen LogP contribution in [0.1, 0.15) is 31.7 Å².